The Bertz CT molecular complexity index is 982. The van der Waals surface area contributed by atoms with E-state index in [0.29, 0.717) is 16.6 Å². The number of nitrogens with one attached hydrogen (secondary N) is 2. The molecule has 2 aromatic rings. The van der Waals surface area contributed by atoms with Gasteiger partial charge in [-0.3, -0.25) is 0 Å². The predicted octanol–water partition coefficient (Wildman–Crippen LogP) is 7.13. The number of thiocarbonyl (C=S) groups is 1. The maximum atomic E-state index is 13.1. The van der Waals surface area contributed by atoms with Gasteiger partial charge >= 0.3 is 5.97 Å². The van der Waals surface area contributed by atoms with Crippen LogP contribution >= 0.6 is 23.6 Å². The number of rotatable bonds is 4. The number of anilines is 2. The maximum absolute atomic E-state index is 13.1. The van der Waals surface area contributed by atoms with Gasteiger partial charge in [-0.25, -0.2) is 4.79 Å². The van der Waals surface area contributed by atoms with Gasteiger partial charge in [-0.15, -0.1) is 11.3 Å². The Balaban J connectivity index is 1.79. The number of hydrogen-bond acceptors (Lipinski definition) is 5. The molecule has 0 aliphatic heterocycles. The van der Waals surface area contributed by atoms with Crippen LogP contribution in [0.15, 0.2) is 24.3 Å². The Morgan fingerprint density at radius 2 is 1.72 bits per heavy atom. The molecule has 0 fully saturated rings. The second kappa shape index (κ2) is 9.40. The minimum Gasteiger partial charge on any atom is -0.488 e. The number of hydrogen-bond donors (Lipinski definition) is 2. The van der Waals surface area contributed by atoms with Gasteiger partial charge in [0.1, 0.15) is 22.0 Å². The van der Waals surface area contributed by atoms with Gasteiger partial charge in [-0.1, -0.05) is 6.92 Å². The van der Waals surface area contributed by atoms with Crippen molar-refractivity contribution < 1.29 is 14.3 Å². The maximum Gasteiger partial charge on any atom is 0.341 e. The lowest BCUT2D eigenvalue weighted by atomic mass is 9.86. The van der Waals surface area contributed by atoms with Crippen LogP contribution in [0.2, 0.25) is 0 Å². The molecule has 0 bridgehead atoms. The predicted molar refractivity (Wildman–Crippen MR) is 138 cm³/mol. The highest BCUT2D eigenvalue weighted by atomic mass is 32.1. The molecule has 0 saturated carbocycles. The van der Waals surface area contributed by atoms with Crippen LogP contribution < -0.4 is 15.4 Å². The molecule has 1 aliphatic carbocycles. The van der Waals surface area contributed by atoms with E-state index in [9.17, 15) is 4.79 Å². The van der Waals surface area contributed by atoms with Gasteiger partial charge in [0, 0.05) is 10.6 Å². The van der Waals surface area contributed by atoms with Crippen molar-refractivity contribution in [2.75, 3.05) is 10.6 Å². The van der Waals surface area contributed by atoms with Crippen LogP contribution in [-0.2, 0) is 11.2 Å². The molecule has 32 heavy (non-hydrogen) atoms. The smallest absolute Gasteiger partial charge is 0.341 e. The second-order valence-corrected chi connectivity index (χ2v) is 11.8. The van der Waals surface area contributed by atoms with Gasteiger partial charge in [-0.2, -0.15) is 0 Å². The number of esters is 1. The van der Waals surface area contributed by atoms with E-state index >= 15 is 0 Å². The summed E-state index contributed by atoms with van der Waals surface area (Å²) in [5.41, 5.74) is 1.78. The van der Waals surface area contributed by atoms with E-state index in [4.69, 9.17) is 21.7 Å². The highest BCUT2D eigenvalue weighted by molar-refractivity contribution is 7.80. The van der Waals surface area contributed by atoms with E-state index in [2.05, 4.69) is 17.6 Å². The third-order valence-corrected chi connectivity index (χ3v) is 6.31. The lowest BCUT2D eigenvalue weighted by molar-refractivity contribution is 0.00693. The molecule has 1 aromatic carbocycles. The van der Waals surface area contributed by atoms with E-state index in [-0.39, 0.29) is 11.6 Å². The summed E-state index contributed by atoms with van der Waals surface area (Å²) in [5.74, 6) is 0.830. The lowest BCUT2D eigenvalue weighted by Gasteiger charge is -2.23. The fourth-order valence-corrected chi connectivity index (χ4v) is 5.40. The van der Waals surface area contributed by atoms with E-state index in [1.54, 1.807) is 11.3 Å². The average Bonchev–Trinajstić information content (AvgIpc) is 3.00. The Hall–Kier alpha value is -2.12. The molecule has 5 nitrogen and oxygen atoms in total. The molecule has 3 rings (SSSR count). The minimum atomic E-state index is -0.559. The quantitative estimate of drug-likeness (QED) is 0.363. The minimum absolute atomic E-state index is 0.251. The summed E-state index contributed by atoms with van der Waals surface area (Å²) in [6.45, 7) is 13.9. The number of carbonyl (C=O) groups excluding carboxylic acids is 1. The SMILES string of the molecule is CC1CCCc2sc(NC(=S)Nc3ccc(OC(C)(C)C)cc3)c(C(=O)OC(C)(C)C)c21. The number of fused-ring (bicyclic) bond motifs is 1. The molecule has 0 spiro atoms. The van der Waals surface area contributed by atoms with E-state index < -0.39 is 5.60 Å². The molecule has 2 N–H and O–H groups in total. The van der Waals surface area contributed by atoms with Crippen LogP contribution in [-0.4, -0.2) is 22.3 Å². The summed E-state index contributed by atoms with van der Waals surface area (Å²) >= 11 is 7.17. The summed E-state index contributed by atoms with van der Waals surface area (Å²) in [6, 6.07) is 7.67. The van der Waals surface area contributed by atoms with Crippen molar-refractivity contribution in [2.24, 2.45) is 0 Å². The van der Waals surface area contributed by atoms with E-state index in [1.807, 2.05) is 65.8 Å². The second-order valence-electron chi connectivity index (χ2n) is 10.3. The van der Waals surface area contributed by atoms with Crippen LogP contribution in [0, 0.1) is 0 Å². The number of thiophene rings is 1. The summed E-state index contributed by atoms with van der Waals surface area (Å²) in [6.07, 6.45) is 3.19. The van der Waals surface area contributed by atoms with Gasteiger partial charge in [0.2, 0.25) is 0 Å². The number of ether oxygens (including phenoxy) is 2. The summed E-state index contributed by atoms with van der Waals surface area (Å²) in [7, 11) is 0. The molecule has 1 aromatic heterocycles. The zero-order valence-electron chi connectivity index (χ0n) is 20.0. The lowest BCUT2D eigenvalue weighted by Crippen LogP contribution is -2.26. The third kappa shape index (κ3) is 6.45. The molecule has 1 unspecified atom stereocenters. The monoisotopic (exact) mass is 474 g/mol. The van der Waals surface area contributed by atoms with Gasteiger partial charge in [0.15, 0.2) is 5.11 Å². The first-order chi connectivity index (χ1) is 14.8. The summed E-state index contributed by atoms with van der Waals surface area (Å²) in [5, 5.41) is 7.66. The van der Waals surface area contributed by atoms with Crippen LogP contribution in [0.3, 0.4) is 0 Å². The zero-order valence-corrected chi connectivity index (χ0v) is 21.7. The molecular weight excluding hydrogens is 440 g/mol. The van der Waals surface area contributed by atoms with Crippen molar-refractivity contribution in [3.8, 4) is 5.75 Å². The Kier molecular flexibility index (Phi) is 7.20. The first-order valence-corrected chi connectivity index (χ1v) is 12.3. The number of carbonyl (C=O) groups is 1. The fraction of sp³-hybridized carbons (Fsp3) is 0.520. The zero-order chi connectivity index (χ0) is 23.7. The molecule has 7 heteroatoms. The molecule has 1 heterocycles. The standard InChI is InChI=1S/C25H34N2O3S2/c1-15-9-8-10-18-19(15)20(22(28)30-25(5,6)7)21(32-18)27-23(31)26-16-11-13-17(14-12-16)29-24(2,3)4/h11-15H,8-10H2,1-7H3,(H2,26,27,31). The van der Waals surface area contributed by atoms with Crippen molar-refractivity contribution in [3.05, 3.63) is 40.3 Å². The van der Waals surface area contributed by atoms with Crippen molar-refractivity contribution in [3.63, 3.8) is 0 Å². The molecule has 174 valence electrons. The molecule has 0 amide bonds. The Morgan fingerprint density at radius 1 is 1.06 bits per heavy atom. The number of benzene rings is 1. The van der Waals surface area contributed by atoms with Crippen molar-refractivity contribution in [2.45, 2.75) is 84.8 Å². The molecular formula is C25H34N2O3S2. The molecule has 0 saturated heterocycles. The highest BCUT2D eigenvalue weighted by Crippen LogP contribution is 2.44. The largest absolute Gasteiger partial charge is 0.488 e. The first-order valence-electron chi connectivity index (χ1n) is 11.1. The van der Waals surface area contributed by atoms with Gasteiger partial charge in [0.25, 0.3) is 0 Å². The van der Waals surface area contributed by atoms with Crippen LogP contribution in [0.25, 0.3) is 0 Å². The van der Waals surface area contributed by atoms with E-state index in [0.717, 1.165) is 41.3 Å². The van der Waals surface area contributed by atoms with Crippen molar-refractivity contribution in [1.29, 1.82) is 0 Å². The molecule has 1 aliphatic rings. The molecule has 0 radical (unpaired) electrons. The van der Waals surface area contributed by atoms with E-state index in [1.165, 1.54) is 4.88 Å². The molecule has 1 atom stereocenters. The normalized spacial score (nSPS) is 16.2. The summed E-state index contributed by atoms with van der Waals surface area (Å²) in [4.78, 5) is 14.4. The Labute approximate surface area is 200 Å². The van der Waals surface area contributed by atoms with Crippen LogP contribution in [0.4, 0.5) is 10.7 Å². The van der Waals surface area contributed by atoms with Crippen molar-refractivity contribution >= 4 is 45.3 Å². The first kappa shape index (κ1) is 24.5. The third-order valence-electron chi connectivity index (χ3n) is 4.92. The number of aryl methyl sites for hydroxylation is 1. The Morgan fingerprint density at radius 3 is 2.31 bits per heavy atom. The van der Waals surface area contributed by atoms with Crippen LogP contribution in [0.1, 0.15) is 88.0 Å². The fourth-order valence-electron chi connectivity index (χ4n) is 3.76. The highest BCUT2D eigenvalue weighted by Gasteiger charge is 2.32. The average molecular weight is 475 g/mol. The van der Waals surface area contributed by atoms with Crippen LogP contribution in [0.5, 0.6) is 5.75 Å². The van der Waals surface area contributed by atoms with Gasteiger partial charge in [0.05, 0.1) is 5.56 Å². The topological polar surface area (TPSA) is 59.6 Å². The van der Waals surface area contributed by atoms with Gasteiger partial charge in [-0.05, 0) is 109 Å². The van der Waals surface area contributed by atoms with Crippen molar-refractivity contribution in [1.82, 2.24) is 0 Å². The summed E-state index contributed by atoms with van der Waals surface area (Å²) < 4.78 is 11.6. The van der Waals surface area contributed by atoms with Gasteiger partial charge < -0.3 is 20.1 Å².